The summed E-state index contributed by atoms with van der Waals surface area (Å²) in [5.74, 6) is 0. The summed E-state index contributed by atoms with van der Waals surface area (Å²) >= 11 is 4.25. The first-order valence-electron chi connectivity index (χ1n) is 3.61. The fraction of sp³-hybridized carbons (Fsp3) is 0.125. The summed E-state index contributed by atoms with van der Waals surface area (Å²) in [5, 5.41) is 0. The molecule has 1 heterocycles. The minimum atomic E-state index is -4.34. The number of benzene rings is 1. The maximum absolute atomic E-state index is 12.5. The van der Waals surface area contributed by atoms with Gasteiger partial charge in [-0.15, -0.1) is 11.3 Å². The average Bonchev–Trinajstić information content (AvgIpc) is 2.41. The van der Waals surface area contributed by atoms with Crippen LogP contribution >= 0.6 is 27.3 Å². The highest BCUT2D eigenvalue weighted by Crippen LogP contribution is 2.37. The van der Waals surface area contributed by atoms with Crippen molar-refractivity contribution in [2.75, 3.05) is 0 Å². The third-order valence-corrected chi connectivity index (χ3v) is 3.17. The summed E-state index contributed by atoms with van der Waals surface area (Å²) in [6.07, 6.45) is -4.34. The molecule has 2 aromatic rings. The van der Waals surface area contributed by atoms with E-state index in [0.29, 0.717) is 8.62 Å². The first-order valence-corrected chi connectivity index (χ1v) is 5.21. The van der Waals surface area contributed by atoms with Gasteiger partial charge in [0.05, 0.1) is 15.8 Å². The number of aromatic nitrogens is 1. The Balaban J connectivity index is 2.77. The Morgan fingerprint density at radius 3 is 2.64 bits per heavy atom. The molecule has 0 N–H and O–H groups in total. The molecule has 6 heteroatoms. The summed E-state index contributed by atoms with van der Waals surface area (Å²) in [6.45, 7) is 0. The van der Waals surface area contributed by atoms with Gasteiger partial charge in [0.25, 0.3) is 0 Å². The van der Waals surface area contributed by atoms with E-state index in [4.69, 9.17) is 0 Å². The van der Waals surface area contributed by atoms with Gasteiger partial charge in [-0.3, -0.25) is 0 Å². The van der Waals surface area contributed by atoms with Crippen molar-refractivity contribution in [3.05, 3.63) is 27.7 Å². The molecule has 1 aromatic heterocycles. The van der Waals surface area contributed by atoms with Crippen molar-refractivity contribution >= 4 is 37.5 Å². The summed E-state index contributed by atoms with van der Waals surface area (Å²) in [7, 11) is 0. The highest BCUT2D eigenvalue weighted by atomic mass is 79.9. The number of nitrogens with zero attached hydrogens (tertiary/aromatic N) is 1. The number of hydrogen-bond donors (Lipinski definition) is 0. The van der Waals surface area contributed by atoms with Crippen LogP contribution in [0.3, 0.4) is 0 Å². The zero-order valence-corrected chi connectivity index (χ0v) is 9.00. The number of fused-ring (bicyclic) bond motifs is 1. The van der Waals surface area contributed by atoms with Crippen molar-refractivity contribution in [1.29, 1.82) is 0 Å². The second-order valence-corrected chi connectivity index (χ2v) is 4.92. The maximum atomic E-state index is 12.5. The second-order valence-electron chi connectivity index (χ2n) is 2.62. The van der Waals surface area contributed by atoms with Crippen molar-refractivity contribution in [2.45, 2.75) is 6.18 Å². The van der Waals surface area contributed by atoms with Crippen molar-refractivity contribution in [1.82, 2.24) is 4.98 Å². The lowest BCUT2D eigenvalue weighted by molar-refractivity contribution is -0.136. The normalized spacial score (nSPS) is 12.3. The van der Waals surface area contributed by atoms with Crippen LogP contribution in [0.25, 0.3) is 10.2 Å². The minimum absolute atomic E-state index is 0.0110. The molecule has 0 bridgehead atoms. The molecule has 14 heavy (non-hydrogen) atoms. The van der Waals surface area contributed by atoms with E-state index >= 15 is 0 Å². The third-order valence-electron chi connectivity index (χ3n) is 1.70. The Morgan fingerprint density at radius 1 is 1.29 bits per heavy atom. The number of alkyl halides is 3. The van der Waals surface area contributed by atoms with Gasteiger partial charge >= 0.3 is 6.18 Å². The number of hydrogen-bond acceptors (Lipinski definition) is 2. The number of rotatable bonds is 0. The highest BCUT2D eigenvalue weighted by molar-refractivity contribution is 9.11. The van der Waals surface area contributed by atoms with E-state index in [1.165, 1.54) is 17.4 Å². The lowest BCUT2D eigenvalue weighted by Gasteiger charge is -2.05. The van der Waals surface area contributed by atoms with Crippen LogP contribution in [0.15, 0.2) is 22.1 Å². The Hall–Kier alpha value is -0.620. The first-order chi connectivity index (χ1) is 6.48. The molecule has 0 amide bonds. The minimum Gasteiger partial charge on any atom is -0.228 e. The van der Waals surface area contributed by atoms with E-state index in [-0.39, 0.29) is 5.52 Å². The number of para-hydroxylation sites is 1. The van der Waals surface area contributed by atoms with Gasteiger partial charge in [-0.05, 0) is 28.1 Å². The average molecular weight is 282 g/mol. The monoisotopic (exact) mass is 281 g/mol. The highest BCUT2D eigenvalue weighted by Gasteiger charge is 2.33. The van der Waals surface area contributed by atoms with Crippen LogP contribution in [0, 0.1) is 0 Å². The quantitative estimate of drug-likeness (QED) is 0.709. The lowest BCUT2D eigenvalue weighted by Crippen LogP contribution is -2.05. The largest absolute Gasteiger partial charge is 0.418 e. The Bertz CT molecular complexity index is 477. The molecule has 0 unspecified atom stereocenters. The predicted molar refractivity (Wildman–Crippen MR) is 52.3 cm³/mol. The van der Waals surface area contributed by atoms with Crippen LogP contribution < -0.4 is 0 Å². The molecule has 2 rings (SSSR count). The van der Waals surface area contributed by atoms with Crippen LogP contribution in [0.4, 0.5) is 13.2 Å². The van der Waals surface area contributed by atoms with Gasteiger partial charge in [0.2, 0.25) is 0 Å². The zero-order valence-electron chi connectivity index (χ0n) is 6.60. The molecule has 0 aliphatic heterocycles. The molecule has 0 saturated heterocycles. The summed E-state index contributed by atoms with van der Waals surface area (Å²) < 4.78 is 38.4. The molecule has 0 radical (unpaired) electrons. The standard InChI is InChI=1S/C8H3BrF3NS/c9-7-13-6-4(8(10,11)12)2-1-3-5(6)14-7/h1-3H. The van der Waals surface area contributed by atoms with E-state index in [1.807, 2.05) is 0 Å². The Kier molecular flexibility index (Phi) is 2.27. The smallest absolute Gasteiger partial charge is 0.228 e. The van der Waals surface area contributed by atoms with E-state index in [2.05, 4.69) is 20.9 Å². The number of halogens is 4. The van der Waals surface area contributed by atoms with Crippen molar-refractivity contribution in [3.8, 4) is 0 Å². The SMILES string of the molecule is FC(F)(F)c1cccc2sc(Br)nc12. The van der Waals surface area contributed by atoms with Crippen LogP contribution in [0.1, 0.15) is 5.56 Å². The van der Waals surface area contributed by atoms with Gasteiger partial charge in [-0.2, -0.15) is 13.2 Å². The van der Waals surface area contributed by atoms with E-state index < -0.39 is 11.7 Å². The van der Waals surface area contributed by atoms with Gasteiger partial charge in [0.1, 0.15) is 0 Å². The Labute approximate surface area is 89.7 Å². The van der Waals surface area contributed by atoms with E-state index in [9.17, 15) is 13.2 Å². The summed E-state index contributed by atoms with van der Waals surface area (Å²) in [6, 6.07) is 4.04. The molecule has 0 aliphatic rings. The van der Waals surface area contributed by atoms with Gasteiger partial charge < -0.3 is 0 Å². The first kappa shape index (κ1) is 9.92. The Morgan fingerprint density at radius 2 is 2.00 bits per heavy atom. The summed E-state index contributed by atoms with van der Waals surface area (Å²) in [4.78, 5) is 3.79. The molecule has 0 saturated carbocycles. The maximum Gasteiger partial charge on any atom is 0.418 e. The van der Waals surface area contributed by atoms with Crippen LogP contribution in [0.5, 0.6) is 0 Å². The lowest BCUT2D eigenvalue weighted by atomic mass is 10.2. The second kappa shape index (κ2) is 3.20. The zero-order chi connectivity index (χ0) is 10.3. The molecule has 0 fully saturated rings. The fourth-order valence-corrected chi connectivity index (χ4v) is 2.57. The molecule has 0 atom stereocenters. The van der Waals surface area contributed by atoms with Crippen LogP contribution in [-0.4, -0.2) is 4.98 Å². The fourth-order valence-electron chi connectivity index (χ4n) is 1.15. The number of thiazole rings is 1. The molecular formula is C8H3BrF3NS. The summed E-state index contributed by atoms with van der Waals surface area (Å²) in [5.41, 5.74) is -0.672. The molecule has 0 aliphatic carbocycles. The topological polar surface area (TPSA) is 12.9 Å². The van der Waals surface area contributed by atoms with Crippen molar-refractivity contribution in [2.24, 2.45) is 0 Å². The molecule has 1 nitrogen and oxygen atoms in total. The molecule has 0 spiro atoms. The molecule has 1 aromatic carbocycles. The van der Waals surface area contributed by atoms with Crippen LogP contribution in [0.2, 0.25) is 0 Å². The van der Waals surface area contributed by atoms with Crippen molar-refractivity contribution in [3.63, 3.8) is 0 Å². The van der Waals surface area contributed by atoms with Crippen molar-refractivity contribution < 1.29 is 13.2 Å². The van der Waals surface area contributed by atoms with Crippen LogP contribution in [-0.2, 0) is 6.18 Å². The molecule has 74 valence electrons. The van der Waals surface area contributed by atoms with Gasteiger partial charge in [0, 0.05) is 0 Å². The van der Waals surface area contributed by atoms with Gasteiger partial charge in [0.15, 0.2) is 3.92 Å². The van der Waals surface area contributed by atoms with Gasteiger partial charge in [-0.25, -0.2) is 4.98 Å². The third kappa shape index (κ3) is 1.64. The molecular weight excluding hydrogens is 279 g/mol. The van der Waals surface area contributed by atoms with Gasteiger partial charge in [-0.1, -0.05) is 6.07 Å². The van der Waals surface area contributed by atoms with E-state index in [0.717, 1.165) is 6.07 Å². The van der Waals surface area contributed by atoms with E-state index in [1.54, 1.807) is 6.07 Å². The predicted octanol–water partition coefficient (Wildman–Crippen LogP) is 4.08.